The molecule has 0 radical (unpaired) electrons. The van der Waals surface area contributed by atoms with Crippen molar-refractivity contribution >= 4 is 35.0 Å². The Bertz CT molecular complexity index is 577. The Morgan fingerprint density at radius 1 is 1.05 bits per heavy atom. The molecule has 2 rings (SSSR count). The van der Waals surface area contributed by atoms with Gasteiger partial charge in [-0.1, -0.05) is 56.3 Å². The zero-order valence-electron chi connectivity index (χ0n) is 10.9. The molecule has 0 amide bonds. The number of rotatable bonds is 2. The average Bonchev–Trinajstić information content (AvgIpc) is 2.33. The van der Waals surface area contributed by atoms with Crippen molar-refractivity contribution in [3.8, 4) is 0 Å². The summed E-state index contributed by atoms with van der Waals surface area (Å²) in [6, 6.07) is 8.38. The third kappa shape index (κ3) is 3.85. The second-order valence-electron chi connectivity index (χ2n) is 5.17. The van der Waals surface area contributed by atoms with Gasteiger partial charge in [0.1, 0.15) is 5.03 Å². The Balaban J connectivity index is 2.22. The smallest absolute Gasteiger partial charge is 0.223 e. The van der Waals surface area contributed by atoms with Gasteiger partial charge in [0.15, 0.2) is 0 Å². The van der Waals surface area contributed by atoms with E-state index in [0.29, 0.717) is 10.0 Å². The molecule has 0 saturated heterocycles. The van der Waals surface area contributed by atoms with Crippen LogP contribution in [0.2, 0.25) is 10.3 Å². The standard InChI is InChI=1S/C14H14Cl2N2S/c1-14(2,3)9-4-6-10(7-5-9)19-12-11(15)8-17-13(16)18-12/h4-8H,1-3H3. The summed E-state index contributed by atoms with van der Waals surface area (Å²) in [7, 11) is 0. The fraction of sp³-hybridized carbons (Fsp3) is 0.286. The molecule has 1 heterocycles. The van der Waals surface area contributed by atoms with Gasteiger partial charge < -0.3 is 0 Å². The minimum atomic E-state index is 0.152. The number of aromatic nitrogens is 2. The molecule has 0 spiro atoms. The maximum atomic E-state index is 6.05. The highest BCUT2D eigenvalue weighted by molar-refractivity contribution is 7.99. The van der Waals surface area contributed by atoms with Crippen LogP contribution in [0, 0.1) is 0 Å². The molecule has 0 saturated carbocycles. The van der Waals surface area contributed by atoms with Gasteiger partial charge in [0.2, 0.25) is 5.28 Å². The molecule has 0 unspecified atom stereocenters. The molecule has 1 aromatic heterocycles. The zero-order valence-corrected chi connectivity index (χ0v) is 13.3. The van der Waals surface area contributed by atoms with E-state index in [-0.39, 0.29) is 10.7 Å². The fourth-order valence-electron chi connectivity index (χ4n) is 1.54. The Hall–Kier alpha value is -0.770. The van der Waals surface area contributed by atoms with E-state index in [2.05, 4.69) is 55.0 Å². The van der Waals surface area contributed by atoms with Crippen LogP contribution >= 0.6 is 35.0 Å². The first-order valence-electron chi connectivity index (χ1n) is 5.83. The van der Waals surface area contributed by atoms with Gasteiger partial charge in [-0.05, 0) is 34.7 Å². The van der Waals surface area contributed by atoms with Gasteiger partial charge in [-0.3, -0.25) is 0 Å². The van der Waals surface area contributed by atoms with Crippen LogP contribution in [0.1, 0.15) is 26.3 Å². The second-order valence-corrected chi connectivity index (χ2v) is 6.98. The van der Waals surface area contributed by atoms with Gasteiger partial charge in [-0.2, -0.15) is 0 Å². The lowest BCUT2D eigenvalue weighted by molar-refractivity contribution is 0.590. The molecule has 0 fully saturated rings. The Morgan fingerprint density at radius 3 is 2.26 bits per heavy atom. The van der Waals surface area contributed by atoms with Crippen molar-refractivity contribution in [2.24, 2.45) is 0 Å². The molecule has 1 aromatic carbocycles. The summed E-state index contributed by atoms with van der Waals surface area (Å²) < 4.78 is 0. The Morgan fingerprint density at radius 2 is 1.68 bits per heavy atom. The molecular weight excluding hydrogens is 299 g/mol. The molecule has 0 aliphatic heterocycles. The third-order valence-corrected chi connectivity index (χ3v) is 4.20. The predicted octanol–water partition coefficient (Wildman–Crippen LogP) is 5.23. The van der Waals surface area contributed by atoms with Crippen LogP contribution in [0.25, 0.3) is 0 Å². The molecule has 0 aliphatic carbocycles. The quantitative estimate of drug-likeness (QED) is 0.560. The monoisotopic (exact) mass is 312 g/mol. The van der Waals surface area contributed by atoms with Gasteiger partial charge in [0.25, 0.3) is 0 Å². The van der Waals surface area contributed by atoms with E-state index < -0.39 is 0 Å². The Labute approximate surface area is 127 Å². The highest BCUT2D eigenvalue weighted by Gasteiger charge is 2.13. The summed E-state index contributed by atoms with van der Waals surface area (Å²) in [6.07, 6.45) is 1.52. The third-order valence-electron chi connectivity index (χ3n) is 2.62. The lowest BCUT2D eigenvalue weighted by Gasteiger charge is -2.19. The summed E-state index contributed by atoms with van der Waals surface area (Å²) in [5.74, 6) is 0. The molecule has 0 bridgehead atoms. The SMILES string of the molecule is CC(C)(C)c1ccc(Sc2nc(Cl)ncc2Cl)cc1. The van der Waals surface area contributed by atoms with Crippen LogP contribution in [0.4, 0.5) is 0 Å². The number of nitrogens with zero attached hydrogens (tertiary/aromatic N) is 2. The lowest BCUT2D eigenvalue weighted by atomic mass is 9.87. The maximum Gasteiger partial charge on any atom is 0.223 e. The van der Waals surface area contributed by atoms with Gasteiger partial charge in [-0.15, -0.1) is 0 Å². The number of halogens is 2. The largest absolute Gasteiger partial charge is 0.225 e. The van der Waals surface area contributed by atoms with Crippen molar-refractivity contribution in [2.45, 2.75) is 36.1 Å². The van der Waals surface area contributed by atoms with Gasteiger partial charge >= 0.3 is 0 Å². The zero-order chi connectivity index (χ0) is 14.0. The molecule has 0 atom stereocenters. The van der Waals surface area contributed by atoms with E-state index in [1.165, 1.54) is 23.5 Å². The van der Waals surface area contributed by atoms with E-state index in [1.807, 2.05) is 0 Å². The highest BCUT2D eigenvalue weighted by Crippen LogP contribution is 2.33. The molecule has 0 N–H and O–H groups in total. The van der Waals surface area contributed by atoms with Crippen LogP contribution < -0.4 is 0 Å². The number of hydrogen-bond donors (Lipinski definition) is 0. The predicted molar refractivity (Wildman–Crippen MR) is 81.3 cm³/mol. The normalized spacial score (nSPS) is 11.6. The minimum Gasteiger partial charge on any atom is -0.225 e. The second kappa shape index (κ2) is 5.70. The maximum absolute atomic E-state index is 6.05. The van der Waals surface area contributed by atoms with Crippen LogP contribution in [0.5, 0.6) is 0 Å². The molecular formula is C14H14Cl2N2S. The molecule has 2 nitrogen and oxygen atoms in total. The van der Waals surface area contributed by atoms with Crippen LogP contribution in [-0.4, -0.2) is 9.97 Å². The summed E-state index contributed by atoms with van der Waals surface area (Å²) in [5.41, 5.74) is 1.45. The Kier molecular flexibility index (Phi) is 4.39. The lowest BCUT2D eigenvalue weighted by Crippen LogP contribution is -2.10. The first kappa shape index (κ1) is 14.6. The molecule has 5 heteroatoms. The van der Waals surface area contributed by atoms with Crippen LogP contribution in [0.3, 0.4) is 0 Å². The first-order chi connectivity index (χ1) is 8.86. The minimum absolute atomic E-state index is 0.152. The van der Waals surface area contributed by atoms with Crippen molar-refractivity contribution in [1.82, 2.24) is 9.97 Å². The molecule has 0 aliphatic rings. The van der Waals surface area contributed by atoms with Crippen LogP contribution in [-0.2, 0) is 5.41 Å². The van der Waals surface area contributed by atoms with E-state index in [4.69, 9.17) is 23.2 Å². The van der Waals surface area contributed by atoms with Gasteiger partial charge in [-0.25, -0.2) is 9.97 Å². The fourth-order valence-corrected chi connectivity index (χ4v) is 2.71. The van der Waals surface area contributed by atoms with Crippen LogP contribution in [0.15, 0.2) is 40.4 Å². The number of benzene rings is 1. The van der Waals surface area contributed by atoms with Crippen molar-refractivity contribution in [3.05, 3.63) is 46.3 Å². The highest BCUT2D eigenvalue weighted by atomic mass is 35.5. The molecule has 19 heavy (non-hydrogen) atoms. The topological polar surface area (TPSA) is 25.8 Å². The first-order valence-corrected chi connectivity index (χ1v) is 7.40. The van der Waals surface area contributed by atoms with Gasteiger partial charge in [0, 0.05) is 4.90 Å². The van der Waals surface area contributed by atoms with E-state index >= 15 is 0 Å². The molecule has 100 valence electrons. The summed E-state index contributed by atoms with van der Waals surface area (Å²) in [6.45, 7) is 6.57. The number of hydrogen-bond acceptors (Lipinski definition) is 3. The van der Waals surface area contributed by atoms with Crippen molar-refractivity contribution < 1.29 is 0 Å². The van der Waals surface area contributed by atoms with E-state index in [0.717, 1.165) is 4.90 Å². The summed E-state index contributed by atoms with van der Waals surface area (Å²) >= 11 is 13.3. The summed E-state index contributed by atoms with van der Waals surface area (Å²) in [5, 5.41) is 1.39. The van der Waals surface area contributed by atoms with Crippen molar-refractivity contribution in [2.75, 3.05) is 0 Å². The van der Waals surface area contributed by atoms with E-state index in [1.54, 1.807) is 0 Å². The van der Waals surface area contributed by atoms with E-state index in [9.17, 15) is 0 Å². The summed E-state index contributed by atoms with van der Waals surface area (Å²) in [4.78, 5) is 9.03. The van der Waals surface area contributed by atoms with Crippen molar-refractivity contribution in [3.63, 3.8) is 0 Å². The average molecular weight is 313 g/mol. The van der Waals surface area contributed by atoms with Gasteiger partial charge in [0.05, 0.1) is 11.2 Å². The van der Waals surface area contributed by atoms with Crippen molar-refractivity contribution in [1.29, 1.82) is 0 Å². The molecule has 2 aromatic rings.